The zero-order valence-corrected chi connectivity index (χ0v) is 8.99. The number of aryl methyl sites for hydroxylation is 1. The van der Waals surface area contributed by atoms with Crippen molar-refractivity contribution in [1.29, 1.82) is 0 Å². The van der Waals surface area contributed by atoms with Crippen molar-refractivity contribution in [2.24, 2.45) is 11.7 Å². The molecule has 0 aliphatic carbocycles. The molecule has 14 heavy (non-hydrogen) atoms. The summed E-state index contributed by atoms with van der Waals surface area (Å²) in [5, 5.41) is 11.3. The van der Waals surface area contributed by atoms with E-state index in [0.717, 1.165) is 11.5 Å². The van der Waals surface area contributed by atoms with Crippen molar-refractivity contribution in [3.63, 3.8) is 0 Å². The fourth-order valence-electron chi connectivity index (χ4n) is 1.06. The van der Waals surface area contributed by atoms with E-state index in [0.29, 0.717) is 18.5 Å². The molecule has 0 aliphatic heterocycles. The summed E-state index contributed by atoms with van der Waals surface area (Å²) in [7, 11) is 0. The molecule has 78 valence electrons. The summed E-state index contributed by atoms with van der Waals surface area (Å²) in [5.41, 5.74) is 6.50. The van der Waals surface area contributed by atoms with Crippen LogP contribution in [0.5, 0.6) is 0 Å². The van der Waals surface area contributed by atoms with Gasteiger partial charge in [-0.05, 0) is 38.4 Å². The molecule has 0 aromatic carbocycles. The Balaban J connectivity index is 2.56. The molecular weight excluding hydrogens is 176 g/mol. The molecule has 1 heterocycles. The Morgan fingerprint density at radius 3 is 2.57 bits per heavy atom. The molecule has 0 bridgehead atoms. The molecule has 0 aliphatic rings. The van der Waals surface area contributed by atoms with Gasteiger partial charge in [0.15, 0.2) is 0 Å². The first-order chi connectivity index (χ1) is 6.63. The van der Waals surface area contributed by atoms with Crippen molar-refractivity contribution in [1.82, 2.24) is 10.2 Å². The second-order valence-electron chi connectivity index (χ2n) is 3.71. The van der Waals surface area contributed by atoms with Crippen molar-refractivity contribution >= 4 is 5.82 Å². The van der Waals surface area contributed by atoms with Crippen LogP contribution >= 0.6 is 0 Å². The Labute approximate surface area is 84.9 Å². The minimum Gasteiger partial charge on any atom is -0.366 e. The van der Waals surface area contributed by atoms with Crippen LogP contribution in [0.25, 0.3) is 0 Å². The number of aromatic nitrogens is 2. The second-order valence-corrected chi connectivity index (χ2v) is 3.71. The number of hydrogen-bond donors (Lipinski definition) is 2. The molecule has 0 amide bonds. The fourth-order valence-corrected chi connectivity index (χ4v) is 1.06. The second kappa shape index (κ2) is 4.91. The van der Waals surface area contributed by atoms with Crippen LogP contribution in [0, 0.1) is 12.8 Å². The molecule has 1 aromatic heterocycles. The van der Waals surface area contributed by atoms with E-state index in [2.05, 4.69) is 29.4 Å². The van der Waals surface area contributed by atoms with E-state index in [1.165, 1.54) is 0 Å². The maximum Gasteiger partial charge on any atom is 0.148 e. The van der Waals surface area contributed by atoms with Gasteiger partial charge in [-0.2, -0.15) is 5.10 Å². The monoisotopic (exact) mass is 194 g/mol. The van der Waals surface area contributed by atoms with Gasteiger partial charge >= 0.3 is 0 Å². The predicted molar refractivity (Wildman–Crippen MR) is 58.1 cm³/mol. The predicted octanol–water partition coefficient (Wildman–Crippen LogP) is 1.18. The minimum absolute atomic E-state index is 0.317. The molecule has 0 saturated heterocycles. The van der Waals surface area contributed by atoms with E-state index in [1.807, 2.05) is 19.1 Å². The molecule has 1 aromatic rings. The van der Waals surface area contributed by atoms with Crippen LogP contribution in [0.1, 0.15) is 19.5 Å². The Bertz CT molecular complexity index is 270. The molecule has 2 atom stereocenters. The van der Waals surface area contributed by atoms with Gasteiger partial charge in [0.25, 0.3) is 0 Å². The topological polar surface area (TPSA) is 63.8 Å². The third-order valence-corrected chi connectivity index (χ3v) is 2.40. The Morgan fingerprint density at radius 1 is 1.36 bits per heavy atom. The quantitative estimate of drug-likeness (QED) is 0.755. The van der Waals surface area contributed by atoms with Gasteiger partial charge in [-0.1, -0.05) is 6.92 Å². The van der Waals surface area contributed by atoms with Gasteiger partial charge in [0, 0.05) is 6.04 Å². The molecule has 0 radical (unpaired) electrons. The zero-order valence-electron chi connectivity index (χ0n) is 8.99. The summed E-state index contributed by atoms with van der Waals surface area (Å²) in [6.07, 6.45) is 0. The Hall–Kier alpha value is -1.16. The lowest BCUT2D eigenvalue weighted by atomic mass is 10.0. The van der Waals surface area contributed by atoms with Crippen molar-refractivity contribution in [2.45, 2.75) is 26.8 Å². The number of nitrogens with one attached hydrogen (secondary N) is 1. The van der Waals surface area contributed by atoms with Gasteiger partial charge in [0.1, 0.15) is 5.82 Å². The number of nitrogens with two attached hydrogens (primary N) is 1. The number of anilines is 1. The van der Waals surface area contributed by atoms with E-state index in [1.54, 1.807) is 0 Å². The lowest BCUT2D eigenvalue weighted by Crippen LogP contribution is -2.29. The first-order valence-corrected chi connectivity index (χ1v) is 4.90. The molecule has 1 rings (SSSR count). The van der Waals surface area contributed by atoms with Gasteiger partial charge < -0.3 is 11.1 Å². The van der Waals surface area contributed by atoms with Gasteiger partial charge in [0.2, 0.25) is 0 Å². The van der Waals surface area contributed by atoms with E-state index >= 15 is 0 Å². The molecule has 0 spiro atoms. The molecule has 3 N–H and O–H groups in total. The molecule has 2 unspecified atom stereocenters. The Kier molecular flexibility index (Phi) is 3.83. The summed E-state index contributed by atoms with van der Waals surface area (Å²) in [6.45, 7) is 6.80. The van der Waals surface area contributed by atoms with Crippen LogP contribution in [0.3, 0.4) is 0 Å². The Morgan fingerprint density at radius 2 is 2.07 bits per heavy atom. The van der Waals surface area contributed by atoms with Crippen LogP contribution in [0.15, 0.2) is 12.1 Å². The van der Waals surface area contributed by atoms with E-state index < -0.39 is 0 Å². The lowest BCUT2D eigenvalue weighted by Gasteiger charge is -2.19. The summed E-state index contributed by atoms with van der Waals surface area (Å²) in [6, 6.07) is 4.19. The standard InChI is InChI=1S/C10H18N4/c1-7(6-11)9(3)12-10-5-4-8(2)13-14-10/h4-5,7,9H,6,11H2,1-3H3,(H,12,14). The normalized spacial score (nSPS) is 14.9. The van der Waals surface area contributed by atoms with Crippen LogP contribution in [-0.4, -0.2) is 22.8 Å². The highest BCUT2D eigenvalue weighted by Gasteiger charge is 2.10. The van der Waals surface area contributed by atoms with Crippen LogP contribution in [-0.2, 0) is 0 Å². The average Bonchev–Trinajstić information content (AvgIpc) is 2.20. The van der Waals surface area contributed by atoms with Gasteiger partial charge in [0.05, 0.1) is 5.69 Å². The molecule has 4 nitrogen and oxygen atoms in total. The molecular formula is C10H18N4. The summed E-state index contributed by atoms with van der Waals surface area (Å²) in [5.74, 6) is 1.24. The summed E-state index contributed by atoms with van der Waals surface area (Å²) in [4.78, 5) is 0. The third-order valence-electron chi connectivity index (χ3n) is 2.40. The maximum absolute atomic E-state index is 5.57. The fraction of sp³-hybridized carbons (Fsp3) is 0.600. The first-order valence-electron chi connectivity index (χ1n) is 4.90. The molecule has 0 saturated carbocycles. The van der Waals surface area contributed by atoms with Crippen LogP contribution in [0.4, 0.5) is 5.82 Å². The largest absolute Gasteiger partial charge is 0.366 e. The van der Waals surface area contributed by atoms with Crippen molar-refractivity contribution in [3.05, 3.63) is 17.8 Å². The molecule has 4 heteroatoms. The van der Waals surface area contributed by atoms with Crippen LogP contribution in [0.2, 0.25) is 0 Å². The minimum atomic E-state index is 0.317. The first kappa shape index (κ1) is 10.9. The summed E-state index contributed by atoms with van der Waals surface area (Å²) >= 11 is 0. The van der Waals surface area contributed by atoms with Gasteiger partial charge in [-0.3, -0.25) is 0 Å². The van der Waals surface area contributed by atoms with Crippen molar-refractivity contribution in [3.8, 4) is 0 Å². The summed E-state index contributed by atoms with van der Waals surface area (Å²) < 4.78 is 0. The van der Waals surface area contributed by atoms with Crippen LogP contribution < -0.4 is 11.1 Å². The number of rotatable bonds is 4. The highest BCUT2D eigenvalue weighted by Crippen LogP contribution is 2.08. The van der Waals surface area contributed by atoms with Crippen molar-refractivity contribution < 1.29 is 0 Å². The van der Waals surface area contributed by atoms with E-state index in [-0.39, 0.29) is 0 Å². The highest BCUT2D eigenvalue weighted by atomic mass is 15.2. The van der Waals surface area contributed by atoms with E-state index in [4.69, 9.17) is 5.73 Å². The van der Waals surface area contributed by atoms with Crippen molar-refractivity contribution in [2.75, 3.05) is 11.9 Å². The number of nitrogens with zero attached hydrogens (tertiary/aromatic N) is 2. The zero-order chi connectivity index (χ0) is 10.6. The van der Waals surface area contributed by atoms with Gasteiger partial charge in [-0.25, -0.2) is 0 Å². The SMILES string of the molecule is Cc1ccc(NC(C)C(C)CN)nn1. The third kappa shape index (κ3) is 2.96. The van der Waals surface area contributed by atoms with E-state index in [9.17, 15) is 0 Å². The number of hydrogen-bond acceptors (Lipinski definition) is 4. The average molecular weight is 194 g/mol. The highest BCUT2D eigenvalue weighted by molar-refractivity contribution is 5.33. The molecule has 0 fully saturated rings. The lowest BCUT2D eigenvalue weighted by molar-refractivity contribution is 0.519. The van der Waals surface area contributed by atoms with Gasteiger partial charge in [-0.15, -0.1) is 5.10 Å². The maximum atomic E-state index is 5.57. The smallest absolute Gasteiger partial charge is 0.148 e.